The first kappa shape index (κ1) is 21.9. The summed E-state index contributed by atoms with van der Waals surface area (Å²) >= 11 is 0. The van der Waals surface area contributed by atoms with Crippen LogP contribution >= 0.6 is 0 Å². The van der Waals surface area contributed by atoms with Gasteiger partial charge in [0, 0.05) is 24.3 Å². The lowest BCUT2D eigenvalue weighted by molar-refractivity contribution is 0.354. The number of hydrogen-bond acceptors (Lipinski definition) is 5. The standard InChI is InChI=1S/C22H27N3O4S/c1-16(2)25-15-21(22(24-25)18-8-6-5-7-9-18)30(26,27)23-13-12-17-10-11-19(28-3)20(14-17)29-4/h5-11,14-16,23H,12-13H2,1-4H3. The van der Waals surface area contributed by atoms with E-state index in [0.29, 0.717) is 23.6 Å². The number of methoxy groups -OCH3 is 2. The molecule has 0 saturated heterocycles. The van der Waals surface area contributed by atoms with E-state index in [2.05, 4.69) is 9.82 Å². The van der Waals surface area contributed by atoms with Gasteiger partial charge in [-0.1, -0.05) is 36.4 Å². The highest BCUT2D eigenvalue weighted by Crippen LogP contribution is 2.28. The number of benzene rings is 2. The number of nitrogens with one attached hydrogen (secondary N) is 1. The minimum Gasteiger partial charge on any atom is -0.493 e. The summed E-state index contributed by atoms with van der Waals surface area (Å²) in [6.07, 6.45) is 2.10. The van der Waals surface area contributed by atoms with Gasteiger partial charge in [0.1, 0.15) is 10.6 Å². The quantitative estimate of drug-likeness (QED) is 0.561. The number of aromatic nitrogens is 2. The van der Waals surface area contributed by atoms with E-state index in [1.54, 1.807) is 25.1 Å². The van der Waals surface area contributed by atoms with Gasteiger partial charge in [0.25, 0.3) is 0 Å². The second-order valence-electron chi connectivity index (χ2n) is 7.12. The Balaban J connectivity index is 1.81. The van der Waals surface area contributed by atoms with Gasteiger partial charge in [-0.3, -0.25) is 4.68 Å². The number of rotatable bonds is 9. The second kappa shape index (κ2) is 9.32. The zero-order chi connectivity index (χ0) is 21.7. The molecule has 1 N–H and O–H groups in total. The monoisotopic (exact) mass is 429 g/mol. The fraction of sp³-hybridized carbons (Fsp3) is 0.318. The summed E-state index contributed by atoms with van der Waals surface area (Å²) in [5, 5.41) is 4.52. The Morgan fingerprint density at radius 1 is 1.03 bits per heavy atom. The minimum absolute atomic E-state index is 0.0446. The van der Waals surface area contributed by atoms with Crippen LogP contribution in [0.5, 0.6) is 11.5 Å². The van der Waals surface area contributed by atoms with Gasteiger partial charge in [0.2, 0.25) is 10.0 Å². The molecule has 0 saturated carbocycles. The molecular weight excluding hydrogens is 402 g/mol. The molecule has 1 heterocycles. The normalized spacial score (nSPS) is 11.6. The molecule has 1 aromatic heterocycles. The van der Waals surface area contributed by atoms with Crippen LogP contribution in [0.1, 0.15) is 25.5 Å². The van der Waals surface area contributed by atoms with Crippen molar-refractivity contribution in [3.05, 3.63) is 60.3 Å². The molecule has 3 rings (SSSR count). The van der Waals surface area contributed by atoms with Gasteiger partial charge in [-0.25, -0.2) is 13.1 Å². The Morgan fingerprint density at radius 2 is 1.73 bits per heavy atom. The summed E-state index contributed by atoms with van der Waals surface area (Å²) in [4.78, 5) is 0.176. The van der Waals surface area contributed by atoms with Crippen molar-refractivity contribution in [2.45, 2.75) is 31.2 Å². The van der Waals surface area contributed by atoms with Gasteiger partial charge in [0.15, 0.2) is 11.5 Å². The molecular formula is C22H27N3O4S. The number of nitrogens with zero attached hydrogens (tertiary/aromatic N) is 2. The van der Waals surface area contributed by atoms with E-state index in [-0.39, 0.29) is 17.5 Å². The number of ether oxygens (including phenoxy) is 2. The van der Waals surface area contributed by atoms with Crippen molar-refractivity contribution in [2.75, 3.05) is 20.8 Å². The van der Waals surface area contributed by atoms with Crippen molar-refractivity contribution in [1.82, 2.24) is 14.5 Å². The molecule has 0 aliphatic carbocycles. The topological polar surface area (TPSA) is 82.5 Å². The summed E-state index contributed by atoms with van der Waals surface area (Å²) in [6.45, 7) is 4.17. The van der Waals surface area contributed by atoms with Crippen LogP contribution in [0, 0.1) is 0 Å². The molecule has 7 nitrogen and oxygen atoms in total. The molecule has 0 fully saturated rings. The van der Waals surface area contributed by atoms with Crippen LogP contribution in [0.25, 0.3) is 11.3 Å². The molecule has 0 atom stereocenters. The third kappa shape index (κ3) is 4.83. The van der Waals surface area contributed by atoms with Crippen LogP contribution in [0.4, 0.5) is 0 Å². The molecule has 0 aliphatic heterocycles. The molecule has 8 heteroatoms. The Morgan fingerprint density at radius 3 is 2.37 bits per heavy atom. The third-order valence-corrected chi connectivity index (χ3v) is 6.18. The van der Waals surface area contributed by atoms with Crippen molar-refractivity contribution in [1.29, 1.82) is 0 Å². The molecule has 0 aliphatic rings. The maximum Gasteiger partial charge on any atom is 0.244 e. The van der Waals surface area contributed by atoms with Gasteiger partial charge < -0.3 is 9.47 Å². The van der Waals surface area contributed by atoms with Crippen LogP contribution in [0.15, 0.2) is 59.6 Å². The zero-order valence-corrected chi connectivity index (χ0v) is 18.4. The summed E-state index contributed by atoms with van der Waals surface area (Å²) in [7, 11) is -0.592. The van der Waals surface area contributed by atoms with Crippen LogP contribution in [-0.2, 0) is 16.4 Å². The average molecular weight is 430 g/mol. The average Bonchev–Trinajstić information content (AvgIpc) is 3.21. The fourth-order valence-corrected chi connectivity index (χ4v) is 4.26. The molecule has 30 heavy (non-hydrogen) atoms. The van der Waals surface area contributed by atoms with E-state index >= 15 is 0 Å². The highest BCUT2D eigenvalue weighted by Gasteiger charge is 2.24. The van der Waals surface area contributed by atoms with Gasteiger partial charge in [-0.05, 0) is 38.0 Å². The van der Waals surface area contributed by atoms with Crippen LogP contribution in [0.3, 0.4) is 0 Å². The van der Waals surface area contributed by atoms with Crippen molar-refractivity contribution < 1.29 is 17.9 Å². The fourth-order valence-electron chi connectivity index (χ4n) is 3.08. The third-order valence-electron chi connectivity index (χ3n) is 4.72. The Bertz CT molecular complexity index is 1090. The summed E-state index contributed by atoms with van der Waals surface area (Å²) in [6, 6.07) is 14.9. The SMILES string of the molecule is COc1ccc(CCNS(=O)(=O)c2cn(C(C)C)nc2-c2ccccc2)cc1OC. The smallest absolute Gasteiger partial charge is 0.244 e. The van der Waals surface area contributed by atoms with E-state index in [1.165, 1.54) is 0 Å². The van der Waals surface area contributed by atoms with Crippen molar-refractivity contribution in [3.63, 3.8) is 0 Å². The van der Waals surface area contributed by atoms with Gasteiger partial charge in [0.05, 0.1) is 14.2 Å². The minimum atomic E-state index is -3.74. The molecule has 2 aromatic carbocycles. The number of hydrogen-bond donors (Lipinski definition) is 1. The first-order valence-corrected chi connectivity index (χ1v) is 11.2. The maximum absolute atomic E-state index is 13.1. The molecule has 0 spiro atoms. The van der Waals surface area contributed by atoms with E-state index in [9.17, 15) is 8.42 Å². The van der Waals surface area contributed by atoms with E-state index < -0.39 is 10.0 Å². The van der Waals surface area contributed by atoms with Gasteiger partial charge in [-0.2, -0.15) is 5.10 Å². The first-order valence-electron chi connectivity index (χ1n) is 9.71. The molecule has 0 amide bonds. The first-order chi connectivity index (χ1) is 14.4. The van der Waals surface area contributed by atoms with E-state index in [0.717, 1.165) is 11.1 Å². The Kier molecular flexibility index (Phi) is 6.79. The van der Waals surface area contributed by atoms with Crippen LogP contribution < -0.4 is 14.2 Å². The molecule has 0 bridgehead atoms. The second-order valence-corrected chi connectivity index (χ2v) is 8.85. The van der Waals surface area contributed by atoms with E-state index in [1.807, 2.05) is 62.4 Å². The highest BCUT2D eigenvalue weighted by atomic mass is 32.2. The summed E-state index contributed by atoms with van der Waals surface area (Å²) in [5.74, 6) is 1.25. The molecule has 3 aromatic rings. The lowest BCUT2D eigenvalue weighted by Gasteiger charge is -2.10. The number of sulfonamides is 1. The zero-order valence-electron chi connectivity index (χ0n) is 17.6. The predicted molar refractivity (Wildman–Crippen MR) is 116 cm³/mol. The molecule has 0 unspecified atom stereocenters. The predicted octanol–water partition coefficient (Wildman–Crippen LogP) is 3.67. The highest BCUT2D eigenvalue weighted by molar-refractivity contribution is 7.89. The Labute approximate surface area is 177 Å². The lowest BCUT2D eigenvalue weighted by atomic mass is 10.1. The van der Waals surface area contributed by atoms with Crippen LogP contribution in [-0.4, -0.2) is 39.0 Å². The maximum atomic E-state index is 13.1. The summed E-state index contributed by atoms with van der Waals surface area (Å²) in [5.41, 5.74) is 2.15. The largest absolute Gasteiger partial charge is 0.493 e. The lowest BCUT2D eigenvalue weighted by Crippen LogP contribution is -2.26. The van der Waals surface area contributed by atoms with Crippen molar-refractivity contribution in [2.24, 2.45) is 0 Å². The Hall–Kier alpha value is -2.84. The van der Waals surface area contributed by atoms with Gasteiger partial charge in [-0.15, -0.1) is 0 Å². The van der Waals surface area contributed by atoms with Crippen molar-refractivity contribution >= 4 is 10.0 Å². The van der Waals surface area contributed by atoms with E-state index in [4.69, 9.17) is 9.47 Å². The molecule has 0 radical (unpaired) electrons. The van der Waals surface area contributed by atoms with Gasteiger partial charge >= 0.3 is 0 Å². The van der Waals surface area contributed by atoms with Crippen molar-refractivity contribution in [3.8, 4) is 22.8 Å². The summed E-state index contributed by atoms with van der Waals surface area (Å²) < 4.78 is 41.1. The van der Waals surface area contributed by atoms with Crippen LogP contribution in [0.2, 0.25) is 0 Å². The molecule has 160 valence electrons.